The molecule has 58 valence electrons. The van der Waals surface area contributed by atoms with Crippen molar-refractivity contribution in [3.05, 3.63) is 0 Å². The zero-order valence-corrected chi connectivity index (χ0v) is 6.68. The Bertz CT molecular complexity index is 141. The first-order valence-corrected chi connectivity index (χ1v) is 3.29. The van der Waals surface area contributed by atoms with Crippen LogP contribution in [0.4, 0.5) is 0 Å². The molecule has 0 aliphatic heterocycles. The molecule has 0 spiro atoms. The van der Waals surface area contributed by atoms with Gasteiger partial charge in [-0.1, -0.05) is 6.92 Å². The van der Waals surface area contributed by atoms with E-state index in [1.807, 2.05) is 0 Å². The van der Waals surface area contributed by atoms with Crippen molar-refractivity contribution in [1.29, 1.82) is 0 Å². The van der Waals surface area contributed by atoms with Crippen molar-refractivity contribution in [3.63, 3.8) is 0 Å². The van der Waals surface area contributed by atoms with E-state index in [0.717, 1.165) is 0 Å². The van der Waals surface area contributed by atoms with Crippen LogP contribution < -0.4 is 0 Å². The number of rotatable bonds is 3. The Kier molecular flexibility index (Phi) is 3.69. The molecule has 0 saturated heterocycles. The van der Waals surface area contributed by atoms with Gasteiger partial charge >= 0.3 is 0 Å². The lowest BCUT2D eigenvalue weighted by Crippen LogP contribution is -2.23. The molecule has 0 bridgehead atoms. The van der Waals surface area contributed by atoms with E-state index in [9.17, 15) is 9.59 Å². The Labute approximate surface area is 61.0 Å². The Hall–Kier alpha value is -0.860. The molecule has 0 aromatic heterocycles. The van der Waals surface area contributed by atoms with E-state index in [1.54, 1.807) is 21.0 Å². The highest BCUT2D eigenvalue weighted by Crippen LogP contribution is 1.91. The molecule has 0 radical (unpaired) electrons. The smallest absolute Gasteiger partial charge is 0.229 e. The number of ketones is 1. The predicted octanol–water partition coefficient (Wildman–Crippen LogP) is 0.444. The fraction of sp³-hybridized carbons (Fsp3) is 0.714. The Morgan fingerprint density at radius 2 is 1.80 bits per heavy atom. The van der Waals surface area contributed by atoms with Crippen LogP contribution in [0.3, 0.4) is 0 Å². The largest absolute Gasteiger partial charge is 0.348 e. The molecule has 3 heteroatoms. The Morgan fingerprint density at radius 1 is 1.30 bits per heavy atom. The number of carbonyl (C=O) groups is 2. The summed E-state index contributed by atoms with van der Waals surface area (Å²) in [5.74, 6) is -0.120. The van der Waals surface area contributed by atoms with Gasteiger partial charge in [-0.05, 0) is 0 Å². The van der Waals surface area contributed by atoms with E-state index < -0.39 is 0 Å². The summed E-state index contributed by atoms with van der Waals surface area (Å²) in [7, 11) is 3.29. The van der Waals surface area contributed by atoms with Crippen LogP contribution in [0, 0.1) is 0 Å². The van der Waals surface area contributed by atoms with E-state index in [1.165, 1.54) is 4.90 Å². The normalized spacial score (nSPS) is 9.10. The fourth-order valence-electron chi connectivity index (χ4n) is 0.452. The molecule has 0 aliphatic carbocycles. The summed E-state index contributed by atoms with van der Waals surface area (Å²) in [6, 6.07) is 0. The van der Waals surface area contributed by atoms with Crippen LogP contribution in [0.15, 0.2) is 0 Å². The zero-order chi connectivity index (χ0) is 8.15. The summed E-state index contributed by atoms with van der Waals surface area (Å²) in [5, 5.41) is 0. The molecular weight excluding hydrogens is 130 g/mol. The minimum atomic E-state index is -0.119. The standard InChI is InChI=1S/C7H13NO2/c1-4-6(9)5-7(10)8(2)3/h4-5H2,1-3H3. The predicted molar refractivity (Wildman–Crippen MR) is 38.6 cm³/mol. The second-order valence-corrected chi connectivity index (χ2v) is 2.36. The van der Waals surface area contributed by atoms with Gasteiger partial charge in [0.2, 0.25) is 5.91 Å². The molecule has 0 aliphatic rings. The molecule has 0 aromatic carbocycles. The van der Waals surface area contributed by atoms with E-state index in [2.05, 4.69) is 0 Å². The molecule has 0 aromatic rings. The molecule has 0 N–H and O–H groups in total. The molecule has 0 rings (SSSR count). The van der Waals surface area contributed by atoms with Crippen LogP contribution in [-0.2, 0) is 9.59 Å². The average molecular weight is 143 g/mol. The molecule has 10 heavy (non-hydrogen) atoms. The molecule has 0 saturated carbocycles. The monoisotopic (exact) mass is 143 g/mol. The fourth-order valence-corrected chi connectivity index (χ4v) is 0.452. The topological polar surface area (TPSA) is 37.4 Å². The average Bonchev–Trinajstić information content (AvgIpc) is 1.87. The highest BCUT2D eigenvalue weighted by atomic mass is 16.2. The molecular formula is C7H13NO2. The van der Waals surface area contributed by atoms with E-state index in [4.69, 9.17) is 0 Å². The van der Waals surface area contributed by atoms with Crippen molar-refractivity contribution in [3.8, 4) is 0 Å². The lowest BCUT2D eigenvalue weighted by Gasteiger charge is -2.07. The summed E-state index contributed by atoms with van der Waals surface area (Å²) in [6.45, 7) is 1.76. The van der Waals surface area contributed by atoms with Gasteiger partial charge in [-0.15, -0.1) is 0 Å². The summed E-state index contributed by atoms with van der Waals surface area (Å²) in [6.07, 6.45) is 0.489. The maximum Gasteiger partial charge on any atom is 0.229 e. The highest BCUT2D eigenvalue weighted by Gasteiger charge is 2.07. The van der Waals surface area contributed by atoms with Crippen LogP contribution in [-0.4, -0.2) is 30.7 Å². The number of carbonyl (C=O) groups excluding carboxylic acids is 2. The third-order valence-electron chi connectivity index (χ3n) is 1.24. The van der Waals surface area contributed by atoms with Gasteiger partial charge in [0.1, 0.15) is 5.78 Å². The number of hydrogen-bond acceptors (Lipinski definition) is 2. The van der Waals surface area contributed by atoms with Crippen molar-refractivity contribution in [1.82, 2.24) is 4.90 Å². The van der Waals surface area contributed by atoms with Crippen molar-refractivity contribution in [2.45, 2.75) is 19.8 Å². The first-order valence-electron chi connectivity index (χ1n) is 3.29. The van der Waals surface area contributed by atoms with Crippen LogP contribution in [0.5, 0.6) is 0 Å². The van der Waals surface area contributed by atoms with Gasteiger partial charge < -0.3 is 4.90 Å². The molecule has 1 amide bonds. The Morgan fingerprint density at radius 3 is 2.10 bits per heavy atom. The molecule has 0 fully saturated rings. The maximum atomic E-state index is 10.8. The summed E-state index contributed by atoms with van der Waals surface area (Å²) in [5.41, 5.74) is 0. The van der Waals surface area contributed by atoms with E-state index >= 15 is 0 Å². The summed E-state index contributed by atoms with van der Waals surface area (Å²) in [4.78, 5) is 22.9. The SMILES string of the molecule is CCC(=O)CC(=O)N(C)C. The van der Waals surface area contributed by atoms with Gasteiger partial charge in [0.15, 0.2) is 0 Å². The second kappa shape index (κ2) is 4.04. The van der Waals surface area contributed by atoms with Gasteiger partial charge in [-0.25, -0.2) is 0 Å². The molecule has 0 unspecified atom stereocenters. The Balaban J connectivity index is 3.69. The number of nitrogens with zero attached hydrogens (tertiary/aromatic N) is 1. The lowest BCUT2D eigenvalue weighted by atomic mass is 10.2. The third-order valence-corrected chi connectivity index (χ3v) is 1.24. The minimum Gasteiger partial charge on any atom is -0.348 e. The van der Waals surface area contributed by atoms with E-state index in [0.29, 0.717) is 6.42 Å². The van der Waals surface area contributed by atoms with Gasteiger partial charge in [-0.3, -0.25) is 9.59 Å². The van der Waals surface area contributed by atoms with E-state index in [-0.39, 0.29) is 18.1 Å². The van der Waals surface area contributed by atoms with Crippen molar-refractivity contribution >= 4 is 11.7 Å². The number of hydrogen-bond donors (Lipinski definition) is 0. The summed E-state index contributed by atoms with van der Waals surface area (Å²) < 4.78 is 0. The van der Waals surface area contributed by atoms with Crippen molar-refractivity contribution in [2.75, 3.05) is 14.1 Å². The first-order chi connectivity index (χ1) is 4.57. The van der Waals surface area contributed by atoms with Crippen LogP contribution >= 0.6 is 0 Å². The van der Waals surface area contributed by atoms with Crippen molar-refractivity contribution < 1.29 is 9.59 Å². The molecule has 0 heterocycles. The van der Waals surface area contributed by atoms with Gasteiger partial charge in [0.05, 0.1) is 6.42 Å². The number of Topliss-reactive ketones (excluding diaryl/α,β-unsaturated/α-hetero) is 1. The first kappa shape index (κ1) is 9.14. The summed E-state index contributed by atoms with van der Waals surface area (Å²) >= 11 is 0. The molecule has 0 atom stereocenters. The zero-order valence-electron chi connectivity index (χ0n) is 6.68. The highest BCUT2D eigenvalue weighted by molar-refractivity contribution is 5.97. The van der Waals surface area contributed by atoms with Gasteiger partial charge in [0, 0.05) is 20.5 Å². The van der Waals surface area contributed by atoms with Gasteiger partial charge in [-0.2, -0.15) is 0 Å². The second-order valence-electron chi connectivity index (χ2n) is 2.36. The number of amides is 1. The van der Waals surface area contributed by atoms with Crippen molar-refractivity contribution in [2.24, 2.45) is 0 Å². The minimum absolute atomic E-state index is 0.00120. The van der Waals surface area contributed by atoms with Crippen LogP contribution in [0.25, 0.3) is 0 Å². The quantitative estimate of drug-likeness (QED) is 0.538. The lowest BCUT2D eigenvalue weighted by molar-refractivity contribution is -0.133. The van der Waals surface area contributed by atoms with Crippen LogP contribution in [0.1, 0.15) is 19.8 Å². The maximum absolute atomic E-state index is 10.8. The third kappa shape index (κ3) is 3.22. The molecule has 3 nitrogen and oxygen atoms in total. The van der Waals surface area contributed by atoms with Gasteiger partial charge in [0.25, 0.3) is 0 Å². The van der Waals surface area contributed by atoms with Crippen LogP contribution in [0.2, 0.25) is 0 Å².